The molecule has 0 saturated heterocycles. The Morgan fingerprint density at radius 2 is 2.37 bits per heavy atom. The molecule has 1 aromatic rings. The van der Waals surface area contributed by atoms with Crippen LogP contribution in [0.25, 0.3) is 0 Å². The summed E-state index contributed by atoms with van der Waals surface area (Å²) in [5, 5.41) is 3.28. The molecule has 0 spiro atoms. The molecule has 1 unspecified atom stereocenters. The number of hydrogen-bond donors (Lipinski definition) is 1. The van der Waals surface area contributed by atoms with Crippen molar-refractivity contribution in [3.8, 4) is 0 Å². The zero-order chi connectivity index (χ0) is 13.7. The Kier molecular flexibility index (Phi) is 4.58. The number of nitrogens with one attached hydrogen (secondary N) is 1. The van der Waals surface area contributed by atoms with Gasteiger partial charge in [0, 0.05) is 32.4 Å². The van der Waals surface area contributed by atoms with Crippen LogP contribution in [-0.2, 0) is 9.53 Å². The number of carbonyl (C=O) groups excluding carboxylic acids is 1. The van der Waals surface area contributed by atoms with Crippen LogP contribution in [0.4, 0.5) is 5.69 Å². The maximum Gasteiger partial charge on any atom is 0.232 e. The van der Waals surface area contributed by atoms with Gasteiger partial charge in [-0.2, -0.15) is 0 Å². The number of methoxy groups -OCH3 is 1. The van der Waals surface area contributed by atoms with Gasteiger partial charge >= 0.3 is 0 Å². The molecule has 1 atom stereocenters. The molecule has 19 heavy (non-hydrogen) atoms. The minimum atomic E-state index is -0.104. The SMILES string of the molecule is C=CCN(CCOC)C(=O)C1CNc2ccccc21. The van der Waals surface area contributed by atoms with Gasteiger partial charge in [0.05, 0.1) is 12.5 Å². The quantitative estimate of drug-likeness (QED) is 0.794. The first-order valence-electron chi connectivity index (χ1n) is 6.49. The molecule has 2 rings (SSSR count). The van der Waals surface area contributed by atoms with Gasteiger partial charge in [0.25, 0.3) is 0 Å². The second-order valence-corrected chi connectivity index (χ2v) is 4.59. The van der Waals surface area contributed by atoms with E-state index in [1.807, 2.05) is 24.3 Å². The third-order valence-corrected chi connectivity index (χ3v) is 3.36. The predicted molar refractivity (Wildman–Crippen MR) is 76.3 cm³/mol. The summed E-state index contributed by atoms with van der Waals surface area (Å²) in [5.41, 5.74) is 2.14. The summed E-state index contributed by atoms with van der Waals surface area (Å²) in [6.07, 6.45) is 1.75. The van der Waals surface area contributed by atoms with Crippen LogP contribution in [0.1, 0.15) is 11.5 Å². The number of fused-ring (bicyclic) bond motifs is 1. The lowest BCUT2D eigenvalue weighted by atomic mass is 10.00. The highest BCUT2D eigenvalue weighted by atomic mass is 16.5. The summed E-state index contributed by atoms with van der Waals surface area (Å²) in [5.74, 6) is 0.0300. The molecule has 0 bridgehead atoms. The monoisotopic (exact) mass is 260 g/mol. The van der Waals surface area contributed by atoms with Crippen LogP contribution in [0.5, 0.6) is 0 Å². The summed E-state index contributed by atoms with van der Waals surface area (Å²) in [6.45, 7) is 6.07. The van der Waals surface area contributed by atoms with Crippen LogP contribution >= 0.6 is 0 Å². The molecule has 1 amide bonds. The average molecular weight is 260 g/mol. The lowest BCUT2D eigenvalue weighted by Crippen LogP contribution is -2.38. The van der Waals surface area contributed by atoms with Crippen LogP contribution in [0.15, 0.2) is 36.9 Å². The molecular weight excluding hydrogens is 240 g/mol. The van der Waals surface area contributed by atoms with Gasteiger partial charge in [-0.15, -0.1) is 6.58 Å². The molecule has 102 valence electrons. The molecule has 1 aliphatic heterocycles. The molecule has 0 aromatic heterocycles. The number of hydrogen-bond acceptors (Lipinski definition) is 3. The lowest BCUT2D eigenvalue weighted by Gasteiger charge is -2.24. The van der Waals surface area contributed by atoms with Crippen LogP contribution < -0.4 is 5.32 Å². The molecular formula is C15H20N2O2. The van der Waals surface area contributed by atoms with E-state index in [4.69, 9.17) is 4.74 Å². The normalized spacial score (nSPS) is 16.6. The Balaban J connectivity index is 2.12. The fourth-order valence-corrected chi connectivity index (χ4v) is 2.37. The lowest BCUT2D eigenvalue weighted by molar-refractivity contribution is -0.132. The van der Waals surface area contributed by atoms with Gasteiger partial charge < -0.3 is 15.0 Å². The Bertz CT molecular complexity index is 459. The van der Waals surface area contributed by atoms with E-state index in [9.17, 15) is 4.79 Å². The van der Waals surface area contributed by atoms with E-state index in [1.54, 1.807) is 18.1 Å². The molecule has 0 aliphatic carbocycles. The minimum Gasteiger partial charge on any atom is -0.384 e. The first-order chi connectivity index (χ1) is 9.27. The van der Waals surface area contributed by atoms with Gasteiger partial charge in [-0.05, 0) is 11.6 Å². The van der Waals surface area contributed by atoms with Crippen molar-refractivity contribution >= 4 is 11.6 Å². The minimum absolute atomic E-state index is 0.104. The largest absolute Gasteiger partial charge is 0.384 e. The van der Waals surface area contributed by atoms with Gasteiger partial charge in [-0.25, -0.2) is 0 Å². The van der Waals surface area contributed by atoms with Crippen LogP contribution in [0.3, 0.4) is 0 Å². The second-order valence-electron chi connectivity index (χ2n) is 4.59. The molecule has 1 aromatic carbocycles. The van der Waals surface area contributed by atoms with Crippen molar-refractivity contribution in [3.63, 3.8) is 0 Å². The van der Waals surface area contributed by atoms with E-state index >= 15 is 0 Å². The first kappa shape index (κ1) is 13.6. The summed E-state index contributed by atoms with van der Waals surface area (Å²) >= 11 is 0. The number of ether oxygens (including phenoxy) is 1. The standard InChI is InChI=1S/C15H20N2O2/c1-3-8-17(9-10-19-2)15(18)13-11-16-14-7-5-4-6-12(13)14/h3-7,13,16H,1,8-11H2,2H3. The summed E-state index contributed by atoms with van der Waals surface area (Å²) < 4.78 is 5.06. The van der Waals surface area contributed by atoms with Crippen molar-refractivity contribution in [2.45, 2.75) is 5.92 Å². The maximum absolute atomic E-state index is 12.6. The average Bonchev–Trinajstić information content (AvgIpc) is 2.86. The fourth-order valence-electron chi connectivity index (χ4n) is 2.37. The number of nitrogens with zero attached hydrogens (tertiary/aromatic N) is 1. The third kappa shape index (κ3) is 2.96. The zero-order valence-electron chi connectivity index (χ0n) is 11.3. The Morgan fingerprint density at radius 3 is 3.11 bits per heavy atom. The number of para-hydroxylation sites is 1. The highest BCUT2D eigenvalue weighted by Crippen LogP contribution is 2.32. The molecule has 0 fully saturated rings. The number of benzene rings is 1. The predicted octanol–water partition coefficient (Wildman–Crippen LogP) is 1.86. The van der Waals surface area contributed by atoms with E-state index in [2.05, 4.69) is 11.9 Å². The van der Waals surface area contributed by atoms with Crippen molar-refractivity contribution < 1.29 is 9.53 Å². The Morgan fingerprint density at radius 1 is 1.58 bits per heavy atom. The van der Waals surface area contributed by atoms with Crippen molar-refractivity contribution in [1.29, 1.82) is 0 Å². The van der Waals surface area contributed by atoms with Crippen molar-refractivity contribution in [2.75, 3.05) is 38.7 Å². The van der Waals surface area contributed by atoms with Crippen LogP contribution in [0.2, 0.25) is 0 Å². The Hall–Kier alpha value is -1.81. The van der Waals surface area contributed by atoms with E-state index in [1.165, 1.54) is 0 Å². The first-order valence-corrected chi connectivity index (χ1v) is 6.49. The maximum atomic E-state index is 12.6. The number of carbonyl (C=O) groups is 1. The zero-order valence-corrected chi connectivity index (χ0v) is 11.3. The van der Waals surface area contributed by atoms with E-state index < -0.39 is 0 Å². The highest BCUT2D eigenvalue weighted by molar-refractivity contribution is 5.88. The van der Waals surface area contributed by atoms with Gasteiger partial charge in [0.2, 0.25) is 5.91 Å². The number of amides is 1. The van der Waals surface area contributed by atoms with Gasteiger partial charge in [-0.1, -0.05) is 24.3 Å². The molecule has 4 heteroatoms. The van der Waals surface area contributed by atoms with Crippen molar-refractivity contribution in [3.05, 3.63) is 42.5 Å². The molecule has 1 heterocycles. The third-order valence-electron chi connectivity index (χ3n) is 3.36. The van der Waals surface area contributed by atoms with Gasteiger partial charge in [0.1, 0.15) is 0 Å². The van der Waals surface area contributed by atoms with Gasteiger partial charge in [-0.3, -0.25) is 4.79 Å². The smallest absolute Gasteiger partial charge is 0.232 e. The van der Waals surface area contributed by atoms with Crippen LogP contribution in [0, 0.1) is 0 Å². The highest BCUT2D eigenvalue weighted by Gasteiger charge is 2.30. The molecule has 4 nitrogen and oxygen atoms in total. The second kappa shape index (κ2) is 6.38. The van der Waals surface area contributed by atoms with E-state index in [-0.39, 0.29) is 11.8 Å². The van der Waals surface area contributed by atoms with Crippen molar-refractivity contribution in [2.24, 2.45) is 0 Å². The van der Waals surface area contributed by atoms with Crippen LogP contribution in [-0.4, -0.2) is 44.2 Å². The molecule has 0 saturated carbocycles. The topological polar surface area (TPSA) is 41.6 Å². The number of anilines is 1. The Labute approximate surface area is 114 Å². The van der Waals surface area contributed by atoms with E-state index in [0.717, 1.165) is 11.3 Å². The molecule has 0 radical (unpaired) electrons. The number of rotatable bonds is 6. The fraction of sp³-hybridized carbons (Fsp3) is 0.400. The summed E-state index contributed by atoms with van der Waals surface area (Å²) in [4.78, 5) is 14.4. The molecule has 1 N–H and O–H groups in total. The van der Waals surface area contributed by atoms with E-state index in [0.29, 0.717) is 26.2 Å². The summed E-state index contributed by atoms with van der Waals surface area (Å²) in [6, 6.07) is 7.97. The van der Waals surface area contributed by atoms with Gasteiger partial charge in [0.15, 0.2) is 0 Å². The molecule has 1 aliphatic rings. The summed E-state index contributed by atoms with van der Waals surface area (Å²) in [7, 11) is 1.64. The van der Waals surface area contributed by atoms with Crippen molar-refractivity contribution in [1.82, 2.24) is 4.90 Å².